The standard InChI is InChI=1S/C27H25BrN4O6/c28-24-13-4-3-12-23(24)26(34)29-15-5-1-2-14-25(33)31-30-18-19-8-6-11-22(16-19)38-27(35)20-9-7-10-21(17-20)32(36)37/h3-4,6-13,16-18H,1-2,5,14-15H2,(H,29,34)(H,31,33). The topological polar surface area (TPSA) is 140 Å². The predicted octanol–water partition coefficient (Wildman–Crippen LogP) is 5.02. The summed E-state index contributed by atoms with van der Waals surface area (Å²) in [5.74, 6) is -0.897. The Hall–Kier alpha value is -4.38. The fourth-order valence-corrected chi connectivity index (χ4v) is 3.80. The summed E-state index contributed by atoms with van der Waals surface area (Å²) >= 11 is 3.35. The molecule has 10 nitrogen and oxygen atoms in total. The molecule has 0 aliphatic heterocycles. The van der Waals surface area contributed by atoms with Gasteiger partial charge in [0, 0.05) is 29.6 Å². The van der Waals surface area contributed by atoms with Crippen LogP contribution in [-0.4, -0.2) is 35.5 Å². The Morgan fingerprint density at radius 1 is 0.974 bits per heavy atom. The molecule has 0 atom stereocenters. The van der Waals surface area contributed by atoms with E-state index in [0.29, 0.717) is 24.1 Å². The molecular weight excluding hydrogens is 556 g/mol. The minimum absolute atomic E-state index is 0.0529. The monoisotopic (exact) mass is 580 g/mol. The van der Waals surface area contributed by atoms with Crippen LogP contribution in [0.4, 0.5) is 5.69 Å². The highest BCUT2D eigenvalue weighted by molar-refractivity contribution is 9.10. The van der Waals surface area contributed by atoms with Gasteiger partial charge in [0.2, 0.25) is 5.91 Å². The minimum Gasteiger partial charge on any atom is -0.423 e. The molecule has 38 heavy (non-hydrogen) atoms. The molecule has 2 N–H and O–H groups in total. The molecule has 0 radical (unpaired) electrons. The van der Waals surface area contributed by atoms with Crippen LogP contribution in [-0.2, 0) is 4.79 Å². The maximum Gasteiger partial charge on any atom is 0.343 e. The van der Waals surface area contributed by atoms with Gasteiger partial charge in [-0.1, -0.05) is 36.8 Å². The molecule has 0 heterocycles. The summed E-state index contributed by atoms with van der Waals surface area (Å²) in [7, 11) is 0. The van der Waals surface area contributed by atoms with E-state index in [1.807, 2.05) is 12.1 Å². The first-order valence-electron chi connectivity index (χ1n) is 11.7. The summed E-state index contributed by atoms with van der Waals surface area (Å²) in [4.78, 5) is 46.8. The molecule has 2 amide bonds. The zero-order valence-electron chi connectivity index (χ0n) is 20.3. The van der Waals surface area contributed by atoms with Gasteiger partial charge in [-0.2, -0.15) is 5.10 Å². The van der Waals surface area contributed by atoms with E-state index in [9.17, 15) is 24.5 Å². The number of ether oxygens (including phenoxy) is 1. The molecule has 11 heteroatoms. The van der Waals surface area contributed by atoms with Crippen molar-refractivity contribution in [2.45, 2.75) is 25.7 Å². The number of nitro groups is 1. The average Bonchev–Trinajstić information content (AvgIpc) is 2.91. The highest BCUT2D eigenvalue weighted by Gasteiger charge is 2.13. The first-order valence-corrected chi connectivity index (χ1v) is 12.5. The van der Waals surface area contributed by atoms with E-state index in [2.05, 4.69) is 31.8 Å². The second kappa shape index (κ2) is 14.4. The first-order chi connectivity index (χ1) is 18.3. The smallest absolute Gasteiger partial charge is 0.343 e. The number of hydrogen-bond donors (Lipinski definition) is 2. The molecule has 0 bridgehead atoms. The molecule has 3 aromatic carbocycles. The predicted molar refractivity (Wildman–Crippen MR) is 145 cm³/mol. The number of benzene rings is 3. The van der Waals surface area contributed by atoms with Crippen LogP contribution < -0.4 is 15.5 Å². The molecule has 0 spiro atoms. The van der Waals surface area contributed by atoms with E-state index in [4.69, 9.17) is 4.74 Å². The molecule has 0 fully saturated rings. The van der Waals surface area contributed by atoms with Gasteiger partial charge < -0.3 is 10.1 Å². The van der Waals surface area contributed by atoms with Gasteiger partial charge in [0.25, 0.3) is 11.6 Å². The van der Waals surface area contributed by atoms with Gasteiger partial charge in [0.15, 0.2) is 0 Å². The molecule has 3 rings (SSSR count). The number of amides is 2. The number of esters is 1. The van der Waals surface area contributed by atoms with Crippen LogP contribution in [0.15, 0.2) is 82.4 Å². The van der Waals surface area contributed by atoms with E-state index >= 15 is 0 Å². The Balaban J connectivity index is 1.36. The third-order valence-electron chi connectivity index (χ3n) is 5.25. The molecule has 0 aliphatic carbocycles. The van der Waals surface area contributed by atoms with Gasteiger partial charge in [-0.05, 0) is 64.7 Å². The number of unbranched alkanes of at least 4 members (excludes halogenated alkanes) is 2. The maximum absolute atomic E-state index is 12.3. The van der Waals surface area contributed by atoms with E-state index in [-0.39, 0.29) is 35.2 Å². The zero-order valence-corrected chi connectivity index (χ0v) is 21.8. The highest BCUT2D eigenvalue weighted by atomic mass is 79.9. The highest BCUT2D eigenvalue weighted by Crippen LogP contribution is 2.18. The number of halogens is 1. The Kier molecular flexibility index (Phi) is 10.7. The maximum atomic E-state index is 12.3. The summed E-state index contributed by atoms with van der Waals surface area (Å²) in [6, 6.07) is 18.9. The number of carbonyl (C=O) groups is 3. The second-order valence-corrected chi connectivity index (χ2v) is 8.96. The van der Waals surface area contributed by atoms with Crippen LogP contribution in [0.2, 0.25) is 0 Å². The number of carbonyl (C=O) groups excluding carboxylic acids is 3. The van der Waals surface area contributed by atoms with Crippen LogP contribution >= 0.6 is 15.9 Å². The van der Waals surface area contributed by atoms with Crippen LogP contribution in [0.25, 0.3) is 0 Å². The molecule has 0 aliphatic rings. The minimum atomic E-state index is -0.733. The van der Waals surface area contributed by atoms with E-state index in [1.165, 1.54) is 24.4 Å². The van der Waals surface area contributed by atoms with Crippen molar-refractivity contribution < 1.29 is 24.0 Å². The summed E-state index contributed by atoms with van der Waals surface area (Å²) in [6.07, 6.45) is 3.87. The van der Waals surface area contributed by atoms with Gasteiger partial charge in [0.05, 0.1) is 22.3 Å². The van der Waals surface area contributed by atoms with Crippen LogP contribution in [0.5, 0.6) is 5.75 Å². The fraction of sp³-hybridized carbons (Fsp3) is 0.185. The van der Waals surface area contributed by atoms with Gasteiger partial charge in [-0.15, -0.1) is 0 Å². The lowest BCUT2D eigenvalue weighted by Crippen LogP contribution is -2.24. The van der Waals surface area contributed by atoms with Gasteiger partial charge >= 0.3 is 5.97 Å². The molecular formula is C27H25BrN4O6. The fourth-order valence-electron chi connectivity index (χ4n) is 3.34. The van der Waals surface area contributed by atoms with Crippen molar-refractivity contribution >= 4 is 45.6 Å². The zero-order chi connectivity index (χ0) is 27.3. The lowest BCUT2D eigenvalue weighted by atomic mass is 10.2. The number of nitro benzene ring substituents is 1. The first kappa shape index (κ1) is 28.2. The Morgan fingerprint density at radius 3 is 2.55 bits per heavy atom. The quantitative estimate of drug-likeness (QED) is 0.0769. The number of hydrazone groups is 1. The van der Waals surface area contributed by atoms with Crippen LogP contribution in [0.3, 0.4) is 0 Å². The Bertz CT molecular complexity index is 1340. The molecule has 0 aromatic heterocycles. The Labute approximate surface area is 227 Å². The van der Waals surface area contributed by atoms with Gasteiger partial charge in [-0.25, -0.2) is 10.2 Å². The lowest BCUT2D eigenvalue weighted by Gasteiger charge is -2.06. The van der Waals surface area contributed by atoms with E-state index < -0.39 is 10.9 Å². The van der Waals surface area contributed by atoms with Crippen molar-refractivity contribution in [1.82, 2.24) is 10.7 Å². The molecule has 3 aromatic rings. The summed E-state index contributed by atoms with van der Waals surface area (Å²) in [6.45, 7) is 0.516. The third kappa shape index (κ3) is 8.93. The molecule has 0 unspecified atom stereocenters. The number of nitrogens with one attached hydrogen (secondary N) is 2. The number of non-ortho nitro benzene ring substituents is 1. The van der Waals surface area contributed by atoms with Crippen molar-refractivity contribution in [1.29, 1.82) is 0 Å². The largest absolute Gasteiger partial charge is 0.423 e. The normalized spacial score (nSPS) is 10.7. The van der Waals surface area contributed by atoms with Crippen molar-refractivity contribution in [2.24, 2.45) is 5.10 Å². The number of hydrogen-bond acceptors (Lipinski definition) is 7. The molecule has 196 valence electrons. The second-order valence-electron chi connectivity index (χ2n) is 8.11. The lowest BCUT2D eigenvalue weighted by molar-refractivity contribution is -0.384. The van der Waals surface area contributed by atoms with Crippen LogP contribution in [0, 0.1) is 10.1 Å². The number of rotatable bonds is 12. The summed E-state index contributed by atoms with van der Waals surface area (Å²) in [5.41, 5.74) is 3.46. The molecule has 0 saturated heterocycles. The van der Waals surface area contributed by atoms with Crippen molar-refractivity contribution in [3.63, 3.8) is 0 Å². The Morgan fingerprint density at radius 2 is 1.76 bits per heavy atom. The van der Waals surface area contributed by atoms with Gasteiger partial charge in [0.1, 0.15) is 5.75 Å². The van der Waals surface area contributed by atoms with Gasteiger partial charge in [-0.3, -0.25) is 19.7 Å². The van der Waals surface area contributed by atoms with Crippen molar-refractivity contribution in [3.05, 3.63) is 104 Å². The SMILES string of the molecule is O=C(CCCCCNC(=O)c1ccccc1Br)NN=Cc1cccc(OC(=O)c2cccc([N+](=O)[O-])c2)c1. The van der Waals surface area contributed by atoms with Crippen molar-refractivity contribution in [3.8, 4) is 5.75 Å². The molecule has 0 saturated carbocycles. The van der Waals surface area contributed by atoms with Crippen LogP contribution in [0.1, 0.15) is 52.0 Å². The average molecular weight is 581 g/mol. The van der Waals surface area contributed by atoms with Crippen molar-refractivity contribution in [2.75, 3.05) is 6.54 Å². The summed E-state index contributed by atoms with van der Waals surface area (Å²) < 4.78 is 6.03. The summed E-state index contributed by atoms with van der Waals surface area (Å²) in [5, 5.41) is 17.7. The third-order valence-corrected chi connectivity index (χ3v) is 5.94. The van der Waals surface area contributed by atoms with E-state index in [0.717, 1.165) is 23.4 Å². The number of nitrogens with zero attached hydrogens (tertiary/aromatic N) is 2. The van der Waals surface area contributed by atoms with E-state index in [1.54, 1.807) is 36.4 Å².